The van der Waals surface area contributed by atoms with Gasteiger partial charge in [-0.1, -0.05) is 6.92 Å². The van der Waals surface area contributed by atoms with E-state index in [0.717, 1.165) is 5.56 Å². The van der Waals surface area contributed by atoms with E-state index >= 15 is 0 Å². The summed E-state index contributed by atoms with van der Waals surface area (Å²) in [4.78, 5) is 3.90. The molecule has 84 valence electrons. The highest BCUT2D eigenvalue weighted by Crippen LogP contribution is 2.12. The van der Waals surface area contributed by atoms with Crippen molar-refractivity contribution in [3.05, 3.63) is 23.9 Å². The summed E-state index contributed by atoms with van der Waals surface area (Å²) < 4.78 is 4.99. The number of hydrogen-bond acceptors (Lipinski definition) is 4. The third-order valence-corrected chi connectivity index (χ3v) is 2.38. The van der Waals surface area contributed by atoms with Gasteiger partial charge in [0.1, 0.15) is 5.82 Å². The van der Waals surface area contributed by atoms with Crippen LogP contribution in [0.2, 0.25) is 0 Å². The van der Waals surface area contributed by atoms with Crippen molar-refractivity contribution in [3.63, 3.8) is 0 Å². The molecule has 2 unspecified atom stereocenters. The second-order valence-electron chi connectivity index (χ2n) is 3.79. The molecule has 0 aliphatic heterocycles. The number of aliphatic hydroxyl groups is 1. The fourth-order valence-electron chi connectivity index (χ4n) is 1.44. The normalized spacial score (nSPS) is 14.9. The van der Waals surface area contributed by atoms with Gasteiger partial charge in [-0.3, -0.25) is 0 Å². The molecule has 0 aliphatic rings. The van der Waals surface area contributed by atoms with E-state index in [1.807, 2.05) is 13.0 Å². The Morgan fingerprint density at radius 3 is 2.93 bits per heavy atom. The van der Waals surface area contributed by atoms with Crippen molar-refractivity contribution in [2.24, 2.45) is 5.92 Å². The Morgan fingerprint density at radius 1 is 1.60 bits per heavy atom. The fourth-order valence-corrected chi connectivity index (χ4v) is 1.44. The molecule has 1 aromatic heterocycles. The number of anilines is 1. The molecule has 0 saturated heterocycles. The van der Waals surface area contributed by atoms with Gasteiger partial charge in [0.2, 0.25) is 0 Å². The molecular weight excluding hydrogens is 192 g/mol. The Kier molecular flexibility index (Phi) is 4.52. The Labute approximate surface area is 90.1 Å². The van der Waals surface area contributed by atoms with Gasteiger partial charge in [0.15, 0.2) is 0 Å². The topological polar surface area (TPSA) is 68.4 Å². The smallest absolute Gasteiger partial charge is 0.123 e. The molecule has 0 spiro atoms. The fraction of sp³-hybridized carbons (Fsp3) is 0.545. The van der Waals surface area contributed by atoms with Crippen LogP contribution >= 0.6 is 0 Å². The lowest BCUT2D eigenvalue weighted by atomic mass is 9.99. The van der Waals surface area contributed by atoms with Crippen molar-refractivity contribution < 1.29 is 9.84 Å². The summed E-state index contributed by atoms with van der Waals surface area (Å²) in [6.45, 7) is 2.51. The minimum atomic E-state index is -0.410. The van der Waals surface area contributed by atoms with Gasteiger partial charge < -0.3 is 15.6 Å². The summed E-state index contributed by atoms with van der Waals surface area (Å²) in [5.41, 5.74) is 6.55. The quantitative estimate of drug-likeness (QED) is 0.756. The van der Waals surface area contributed by atoms with Crippen molar-refractivity contribution in [3.8, 4) is 0 Å². The van der Waals surface area contributed by atoms with Gasteiger partial charge >= 0.3 is 0 Å². The van der Waals surface area contributed by atoms with E-state index in [9.17, 15) is 5.11 Å². The number of ether oxygens (including phenoxy) is 1. The van der Waals surface area contributed by atoms with Crippen LogP contribution in [0.5, 0.6) is 0 Å². The molecule has 4 heteroatoms. The molecular formula is C11H18N2O2. The Bertz CT molecular complexity index is 304. The summed E-state index contributed by atoms with van der Waals surface area (Å²) in [5.74, 6) is 0.600. The number of nitrogens with two attached hydrogens (primary N) is 1. The molecule has 0 saturated carbocycles. The van der Waals surface area contributed by atoms with E-state index in [2.05, 4.69) is 4.98 Å². The predicted octanol–water partition coefficient (Wildman–Crippen LogP) is 0.850. The van der Waals surface area contributed by atoms with Gasteiger partial charge in [-0.25, -0.2) is 4.98 Å². The first-order chi connectivity index (χ1) is 7.13. The first kappa shape index (κ1) is 11.9. The van der Waals surface area contributed by atoms with Crippen LogP contribution in [0, 0.1) is 5.92 Å². The molecule has 0 aliphatic carbocycles. The molecule has 0 aromatic carbocycles. The zero-order valence-corrected chi connectivity index (χ0v) is 9.18. The van der Waals surface area contributed by atoms with Gasteiger partial charge in [0, 0.05) is 19.2 Å². The van der Waals surface area contributed by atoms with Crippen LogP contribution in [0.3, 0.4) is 0 Å². The lowest BCUT2D eigenvalue weighted by molar-refractivity contribution is 0.0575. The van der Waals surface area contributed by atoms with Crippen molar-refractivity contribution >= 4 is 5.82 Å². The summed E-state index contributed by atoms with van der Waals surface area (Å²) in [6.07, 6.45) is 1.82. The molecule has 0 radical (unpaired) electrons. The van der Waals surface area contributed by atoms with Crippen molar-refractivity contribution in [1.29, 1.82) is 0 Å². The van der Waals surface area contributed by atoms with Gasteiger partial charge in [-0.05, 0) is 24.1 Å². The monoisotopic (exact) mass is 210 g/mol. The molecule has 0 fully saturated rings. The van der Waals surface area contributed by atoms with Crippen LogP contribution in [-0.4, -0.2) is 29.9 Å². The minimum absolute atomic E-state index is 0.115. The van der Waals surface area contributed by atoms with E-state index < -0.39 is 6.10 Å². The van der Waals surface area contributed by atoms with Gasteiger partial charge in [0.25, 0.3) is 0 Å². The lowest BCUT2D eigenvalue weighted by Crippen LogP contribution is -2.24. The summed E-state index contributed by atoms with van der Waals surface area (Å²) >= 11 is 0. The van der Waals surface area contributed by atoms with Gasteiger partial charge in [-0.15, -0.1) is 0 Å². The summed E-state index contributed by atoms with van der Waals surface area (Å²) in [6, 6.07) is 3.64. The van der Waals surface area contributed by atoms with Crippen molar-refractivity contribution in [2.45, 2.75) is 19.4 Å². The second kappa shape index (κ2) is 5.68. The van der Waals surface area contributed by atoms with E-state index in [1.165, 1.54) is 0 Å². The Balaban J connectivity index is 2.54. The van der Waals surface area contributed by atoms with E-state index in [1.54, 1.807) is 19.4 Å². The summed E-state index contributed by atoms with van der Waals surface area (Å²) in [7, 11) is 1.63. The Morgan fingerprint density at radius 2 is 2.33 bits per heavy atom. The van der Waals surface area contributed by atoms with Gasteiger partial charge in [-0.2, -0.15) is 0 Å². The zero-order chi connectivity index (χ0) is 11.3. The maximum absolute atomic E-state index is 9.85. The number of hydrogen-bond donors (Lipinski definition) is 2. The van der Waals surface area contributed by atoms with Crippen molar-refractivity contribution in [2.75, 3.05) is 19.5 Å². The maximum atomic E-state index is 9.85. The highest BCUT2D eigenvalue weighted by atomic mass is 16.5. The first-order valence-corrected chi connectivity index (χ1v) is 5.01. The molecule has 4 nitrogen and oxygen atoms in total. The van der Waals surface area contributed by atoms with E-state index in [0.29, 0.717) is 18.8 Å². The number of aliphatic hydroxyl groups excluding tert-OH is 1. The molecule has 1 rings (SSSR count). The van der Waals surface area contributed by atoms with Crippen molar-refractivity contribution in [1.82, 2.24) is 4.98 Å². The van der Waals surface area contributed by atoms with E-state index in [-0.39, 0.29) is 5.92 Å². The number of nitrogen functional groups attached to an aromatic ring is 1. The van der Waals surface area contributed by atoms with E-state index in [4.69, 9.17) is 10.5 Å². The molecule has 1 heterocycles. The average Bonchev–Trinajstić information content (AvgIpc) is 2.18. The average molecular weight is 210 g/mol. The molecule has 1 aromatic rings. The number of pyridine rings is 1. The van der Waals surface area contributed by atoms with Crippen LogP contribution in [0.25, 0.3) is 0 Å². The maximum Gasteiger partial charge on any atom is 0.123 e. The second-order valence-corrected chi connectivity index (χ2v) is 3.79. The number of nitrogens with zero attached hydrogens (tertiary/aromatic N) is 1. The molecule has 15 heavy (non-hydrogen) atoms. The van der Waals surface area contributed by atoms with Crippen LogP contribution < -0.4 is 5.73 Å². The first-order valence-electron chi connectivity index (χ1n) is 5.01. The molecule has 0 bridgehead atoms. The van der Waals surface area contributed by atoms with Gasteiger partial charge in [0.05, 0.1) is 12.7 Å². The van der Waals surface area contributed by atoms with Crippen LogP contribution in [0.1, 0.15) is 12.5 Å². The number of rotatable bonds is 5. The Hall–Kier alpha value is -1.13. The van der Waals surface area contributed by atoms with Crippen LogP contribution in [-0.2, 0) is 11.2 Å². The molecule has 2 atom stereocenters. The highest BCUT2D eigenvalue weighted by Gasteiger charge is 2.14. The number of methoxy groups -OCH3 is 1. The standard InChI is InChI=1S/C11H18N2O2/c1-8(7-15-2)10(14)5-9-3-4-13-11(12)6-9/h3-4,6,8,10,14H,5,7H2,1-2H3,(H2,12,13). The zero-order valence-electron chi connectivity index (χ0n) is 9.18. The largest absolute Gasteiger partial charge is 0.392 e. The predicted molar refractivity (Wildman–Crippen MR) is 59.4 cm³/mol. The number of aromatic nitrogens is 1. The summed E-state index contributed by atoms with van der Waals surface area (Å²) in [5, 5.41) is 9.85. The molecule has 0 amide bonds. The highest BCUT2D eigenvalue weighted by molar-refractivity contribution is 5.32. The minimum Gasteiger partial charge on any atom is -0.392 e. The van der Waals surface area contributed by atoms with Crippen LogP contribution in [0.4, 0.5) is 5.82 Å². The molecule has 3 N–H and O–H groups in total. The SMILES string of the molecule is COCC(C)C(O)Cc1ccnc(N)c1. The third-order valence-electron chi connectivity index (χ3n) is 2.38. The third kappa shape index (κ3) is 3.85. The van der Waals surface area contributed by atoms with Crippen LogP contribution in [0.15, 0.2) is 18.3 Å². The lowest BCUT2D eigenvalue weighted by Gasteiger charge is -2.17.